The minimum absolute atomic E-state index is 0.283. The molecule has 5 nitrogen and oxygen atoms in total. The molecule has 2 rings (SSSR count). The summed E-state index contributed by atoms with van der Waals surface area (Å²) in [6, 6.07) is 0. The Hall–Kier alpha value is -0.910. The van der Waals surface area contributed by atoms with Gasteiger partial charge >= 0.3 is 12.1 Å². The van der Waals surface area contributed by atoms with E-state index in [-0.39, 0.29) is 6.61 Å². The van der Waals surface area contributed by atoms with Crippen LogP contribution in [-0.4, -0.2) is 34.6 Å². The number of alkyl carbamates (subject to hydrolysis) is 1. The molecule has 2 saturated carbocycles. The lowest BCUT2D eigenvalue weighted by Crippen LogP contribution is -2.51. The Morgan fingerprint density at radius 1 is 1.35 bits per heavy atom. The van der Waals surface area contributed by atoms with Crippen molar-refractivity contribution in [1.29, 1.82) is 0 Å². The first kappa shape index (κ1) is 15.5. The molecule has 0 aromatic rings. The monoisotopic (exact) mass is 301 g/mol. The third kappa shape index (κ3) is 2.75. The Morgan fingerprint density at radius 3 is 2.40 bits per heavy atom. The molecule has 2 aliphatic carbocycles. The lowest BCUT2D eigenvalue weighted by molar-refractivity contribution is -0.147. The zero-order valence-electron chi connectivity index (χ0n) is 12.5. The highest BCUT2D eigenvalue weighted by Gasteiger charge is 2.77. The molecule has 0 unspecified atom stereocenters. The van der Waals surface area contributed by atoms with Gasteiger partial charge in [-0.25, -0.2) is 9.59 Å². The van der Waals surface area contributed by atoms with E-state index in [0.717, 1.165) is 12.8 Å². The summed E-state index contributed by atoms with van der Waals surface area (Å²) in [6.07, 6.45) is 2.00. The van der Waals surface area contributed by atoms with Crippen LogP contribution >= 0.6 is 12.6 Å². The van der Waals surface area contributed by atoms with E-state index < -0.39 is 27.9 Å². The van der Waals surface area contributed by atoms with E-state index in [4.69, 9.17) is 9.47 Å². The molecule has 0 spiro atoms. The van der Waals surface area contributed by atoms with E-state index in [1.807, 2.05) is 0 Å². The fourth-order valence-corrected chi connectivity index (χ4v) is 3.24. The molecule has 0 aliphatic heterocycles. The van der Waals surface area contributed by atoms with Gasteiger partial charge in [-0.05, 0) is 46.5 Å². The van der Waals surface area contributed by atoms with Crippen LogP contribution in [0.3, 0.4) is 0 Å². The first-order valence-corrected chi connectivity index (χ1v) is 7.50. The maximum absolute atomic E-state index is 12.2. The standard InChI is InChI=1S/C14H23NO4S/c1-5-18-10(16)13(8-14(13,20)9-6-7-9)15-11(17)19-12(2,3)4/h9,20H,5-8H2,1-4H3,(H,15,17)/t13-,14+/m0/s1. The van der Waals surface area contributed by atoms with Crippen LogP contribution in [0.5, 0.6) is 0 Å². The summed E-state index contributed by atoms with van der Waals surface area (Å²) in [5.74, 6) is -0.0436. The fourth-order valence-electron chi connectivity index (χ4n) is 2.60. The second-order valence-electron chi connectivity index (χ2n) is 6.63. The van der Waals surface area contributed by atoms with Gasteiger partial charge in [-0.1, -0.05) is 0 Å². The quantitative estimate of drug-likeness (QED) is 0.618. The van der Waals surface area contributed by atoms with Gasteiger partial charge < -0.3 is 14.8 Å². The normalized spacial score (nSPS) is 32.5. The number of hydrogen-bond donors (Lipinski definition) is 2. The first-order chi connectivity index (χ1) is 9.14. The summed E-state index contributed by atoms with van der Waals surface area (Å²) >= 11 is 4.65. The molecule has 0 heterocycles. The van der Waals surface area contributed by atoms with Gasteiger partial charge in [-0.2, -0.15) is 12.6 Å². The zero-order valence-corrected chi connectivity index (χ0v) is 13.4. The SMILES string of the molecule is CCOC(=O)[C@@]1(NC(=O)OC(C)(C)C)C[C@@]1(S)C1CC1. The van der Waals surface area contributed by atoms with Crippen molar-refractivity contribution in [2.75, 3.05) is 6.61 Å². The van der Waals surface area contributed by atoms with Crippen molar-refractivity contribution in [3.05, 3.63) is 0 Å². The summed E-state index contributed by atoms with van der Waals surface area (Å²) in [5.41, 5.74) is -1.64. The molecule has 6 heteroatoms. The molecular weight excluding hydrogens is 278 g/mol. The first-order valence-electron chi connectivity index (χ1n) is 7.05. The van der Waals surface area contributed by atoms with Crippen molar-refractivity contribution in [1.82, 2.24) is 5.32 Å². The number of ether oxygens (including phenoxy) is 2. The van der Waals surface area contributed by atoms with Gasteiger partial charge in [0.1, 0.15) is 5.60 Å². The molecule has 2 aliphatic rings. The minimum atomic E-state index is -1.03. The largest absolute Gasteiger partial charge is 0.464 e. The molecule has 0 radical (unpaired) electrons. The molecule has 0 bridgehead atoms. The number of amides is 1. The van der Waals surface area contributed by atoms with Crippen molar-refractivity contribution in [3.63, 3.8) is 0 Å². The lowest BCUT2D eigenvalue weighted by Gasteiger charge is -2.25. The molecule has 2 fully saturated rings. The van der Waals surface area contributed by atoms with E-state index in [1.165, 1.54) is 0 Å². The van der Waals surface area contributed by atoms with E-state index >= 15 is 0 Å². The molecular formula is C14H23NO4S. The van der Waals surface area contributed by atoms with E-state index in [1.54, 1.807) is 27.7 Å². The lowest BCUT2D eigenvalue weighted by atomic mass is 10.1. The number of rotatable bonds is 4. The van der Waals surface area contributed by atoms with Crippen LogP contribution < -0.4 is 5.32 Å². The maximum Gasteiger partial charge on any atom is 0.408 e. The van der Waals surface area contributed by atoms with Crippen LogP contribution in [0, 0.1) is 5.92 Å². The summed E-state index contributed by atoms with van der Waals surface area (Å²) in [4.78, 5) is 24.2. The number of thiol groups is 1. The molecule has 0 aromatic heterocycles. The smallest absolute Gasteiger partial charge is 0.408 e. The second kappa shape index (κ2) is 4.83. The molecule has 0 saturated heterocycles. The van der Waals surface area contributed by atoms with Crippen LogP contribution in [0.25, 0.3) is 0 Å². The minimum Gasteiger partial charge on any atom is -0.464 e. The Kier molecular flexibility index (Phi) is 3.73. The predicted molar refractivity (Wildman–Crippen MR) is 77.8 cm³/mol. The van der Waals surface area contributed by atoms with Crippen LogP contribution in [0.15, 0.2) is 0 Å². The molecule has 20 heavy (non-hydrogen) atoms. The summed E-state index contributed by atoms with van der Waals surface area (Å²) < 4.78 is 9.87. The Balaban J connectivity index is 2.10. The molecule has 1 N–H and O–H groups in total. The molecule has 114 valence electrons. The van der Waals surface area contributed by atoms with Crippen LogP contribution in [-0.2, 0) is 14.3 Å². The number of carbonyl (C=O) groups is 2. The molecule has 1 amide bonds. The summed E-state index contributed by atoms with van der Waals surface area (Å²) in [5, 5.41) is 2.71. The zero-order chi connectivity index (χ0) is 15.2. The highest BCUT2D eigenvalue weighted by atomic mass is 32.1. The Labute approximate surface area is 125 Å². The molecule has 2 atom stereocenters. The van der Waals surface area contributed by atoms with E-state index in [0.29, 0.717) is 12.3 Å². The van der Waals surface area contributed by atoms with Crippen LogP contribution in [0.4, 0.5) is 4.79 Å². The van der Waals surface area contributed by atoms with Gasteiger partial charge in [-0.3, -0.25) is 0 Å². The van der Waals surface area contributed by atoms with Gasteiger partial charge in [-0.15, -0.1) is 0 Å². The van der Waals surface area contributed by atoms with Gasteiger partial charge in [0.15, 0.2) is 5.54 Å². The van der Waals surface area contributed by atoms with Crippen molar-refractivity contribution < 1.29 is 19.1 Å². The topological polar surface area (TPSA) is 64.6 Å². The average Bonchev–Trinajstić information content (AvgIpc) is 3.13. The van der Waals surface area contributed by atoms with Crippen LogP contribution in [0.2, 0.25) is 0 Å². The number of hydrogen-bond acceptors (Lipinski definition) is 5. The molecule has 0 aromatic carbocycles. The highest BCUT2D eigenvalue weighted by Crippen LogP contribution is 2.65. The van der Waals surface area contributed by atoms with Crippen molar-refractivity contribution in [3.8, 4) is 0 Å². The predicted octanol–water partition coefficient (Wildman–Crippen LogP) is 2.30. The van der Waals surface area contributed by atoms with Gasteiger partial charge in [0, 0.05) is 6.42 Å². The van der Waals surface area contributed by atoms with Crippen molar-refractivity contribution in [2.45, 2.75) is 62.8 Å². The summed E-state index contributed by atoms with van der Waals surface area (Å²) in [6.45, 7) is 7.38. The fraction of sp³-hybridized carbons (Fsp3) is 0.857. The highest BCUT2D eigenvalue weighted by molar-refractivity contribution is 7.82. The second-order valence-corrected chi connectivity index (χ2v) is 7.43. The van der Waals surface area contributed by atoms with E-state index in [9.17, 15) is 9.59 Å². The van der Waals surface area contributed by atoms with Gasteiger partial charge in [0.05, 0.1) is 11.4 Å². The third-order valence-corrected chi connectivity index (χ3v) is 4.64. The average molecular weight is 301 g/mol. The van der Waals surface area contributed by atoms with Gasteiger partial charge in [0.2, 0.25) is 0 Å². The Bertz CT molecular complexity index is 429. The number of nitrogens with one attached hydrogen (secondary N) is 1. The maximum atomic E-state index is 12.2. The van der Waals surface area contributed by atoms with Crippen LogP contribution in [0.1, 0.15) is 47.0 Å². The summed E-state index contributed by atoms with van der Waals surface area (Å²) in [7, 11) is 0. The van der Waals surface area contributed by atoms with Crippen molar-refractivity contribution >= 4 is 24.7 Å². The van der Waals surface area contributed by atoms with Crippen molar-refractivity contribution in [2.24, 2.45) is 5.92 Å². The van der Waals surface area contributed by atoms with E-state index in [2.05, 4.69) is 17.9 Å². The number of carbonyl (C=O) groups excluding carboxylic acids is 2. The van der Waals surface area contributed by atoms with Gasteiger partial charge in [0.25, 0.3) is 0 Å². The number of esters is 1. The third-order valence-electron chi connectivity index (χ3n) is 3.74. The Morgan fingerprint density at radius 2 is 1.95 bits per heavy atom.